The molecule has 7 nitrogen and oxygen atoms in total. The van der Waals surface area contributed by atoms with Crippen molar-refractivity contribution in [1.29, 1.82) is 0 Å². The minimum atomic E-state index is -4.05. The molecule has 0 atom stereocenters. The van der Waals surface area contributed by atoms with Crippen molar-refractivity contribution in [1.82, 2.24) is 4.72 Å². The molecule has 2 amide bonds. The molecule has 26 heavy (non-hydrogen) atoms. The predicted molar refractivity (Wildman–Crippen MR) is 97.5 cm³/mol. The van der Waals surface area contributed by atoms with Gasteiger partial charge in [-0.3, -0.25) is 9.59 Å². The summed E-state index contributed by atoms with van der Waals surface area (Å²) in [6.07, 6.45) is 0. The molecule has 0 saturated heterocycles. The zero-order chi connectivity index (χ0) is 19.3. The highest BCUT2D eigenvalue weighted by Crippen LogP contribution is 2.16. The largest absolute Gasteiger partial charge is 0.497 e. The van der Waals surface area contributed by atoms with Crippen LogP contribution < -0.4 is 14.8 Å². The fraction of sp³-hybridized carbons (Fsp3) is 0.111. The number of rotatable bonds is 6. The lowest BCUT2D eigenvalue weighted by Gasteiger charge is -2.09. The highest BCUT2D eigenvalue weighted by atomic mass is 32.2. The lowest BCUT2D eigenvalue weighted by atomic mass is 10.2. The third-order valence-electron chi connectivity index (χ3n) is 3.39. The highest BCUT2D eigenvalue weighted by molar-refractivity contribution is 7.90. The van der Waals surface area contributed by atoms with E-state index in [1.54, 1.807) is 19.1 Å². The minimum absolute atomic E-state index is 0.104. The van der Waals surface area contributed by atoms with Crippen molar-refractivity contribution in [2.24, 2.45) is 0 Å². The average molecular weight is 374 g/mol. The summed E-state index contributed by atoms with van der Waals surface area (Å²) >= 11 is 0. The van der Waals surface area contributed by atoms with Crippen molar-refractivity contribution >= 4 is 27.5 Å². The minimum Gasteiger partial charge on any atom is -0.497 e. The first-order chi connectivity index (χ1) is 12.2. The quantitative estimate of drug-likeness (QED) is 0.756. The molecule has 0 fully saturated rings. The van der Waals surface area contributed by atoms with E-state index in [0.717, 1.165) is 0 Å². The zero-order valence-electron chi connectivity index (χ0n) is 14.3. The fourth-order valence-electron chi connectivity index (χ4n) is 1.94. The van der Waals surface area contributed by atoms with E-state index in [1.807, 2.05) is 4.72 Å². The van der Waals surface area contributed by atoms with Crippen LogP contribution in [0.25, 0.3) is 0 Å². The van der Waals surface area contributed by atoms with Crippen LogP contribution in [0, 0.1) is 0 Å². The monoisotopic (exact) mass is 374 g/mol. The topological polar surface area (TPSA) is 102 Å². The van der Waals surface area contributed by atoms with Crippen LogP contribution in [0.3, 0.4) is 0 Å². The van der Waals surface area contributed by atoms with Gasteiger partial charge in [-0.2, -0.15) is 0 Å². The van der Waals surface area contributed by atoms with Gasteiger partial charge < -0.3 is 10.1 Å². The van der Waals surface area contributed by atoms with E-state index in [9.17, 15) is 18.0 Å². The molecule has 0 aliphatic carbocycles. The summed E-state index contributed by atoms with van der Waals surface area (Å²) in [4.78, 5) is 23.6. The molecule has 136 valence electrons. The van der Waals surface area contributed by atoms with Crippen molar-refractivity contribution in [3.05, 3.63) is 66.2 Å². The molecule has 0 bridgehead atoms. The van der Waals surface area contributed by atoms with Crippen molar-refractivity contribution < 1.29 is 22.7 Å². The van der Waals surface area contributed by atoms with Crippen LogP contribution in [-0.2, 0) is 14.8 Å². The van der Waals surface area contributed by atoms with E-state index in [-0.39, 0.29) is 16.4 Å². The smallest absolute Gasteiger partial charge is 0.265 e. The third kappa shape index (κ3) is 4.70. The van der Waals surface area contributed by atoms with E-state index in [2.05, 4.69) is 11.9 Å². The van der Waals surface area contributed by atoms with Crippen molar-refractivity contribution in [3.63, 3.8) is 0 Å². The molecule has 0 aromatic heterocycles. The second-order valence-electron chi connectivity index (χ2n) is 5.42. The summed E-state index contributed by atoms with van der Waals surface area (Å²) in [5.41, 5.74) is 0.923. The first kappa shape index (κ1) is 19.2. The molecule has 2 aromatic rings. The summed E-state index contributed by atoms with van der Waals surface area (Å²) in [7, 11) is -2.56. The molecule has 0 aliphatic heterocycles. The number of carbonyl (C=O) groups is 2. The van der Waals surface area contributed by atoms with Gasteiger partial charge in [-0.05, 0) is 55.5 Å². The second-order valence-corrected chi connectivity index (χ2v) is 7.10. The SMILES string of the molecule is C=C(C)C(=O)Nc1ccc(S(=O)(=O)NC(=O)c2ccc(OC)cc2)cc1. The Bertz CT molecular complexity index is 933. The van der Waals surface area contributed by atoms with E-state index in [4.69, 9.17) is 4.74 Å². The Kier molecular flexibility index (Phi) is 5.78. The Labute approximate surface area is 151 Å². The van der Waals surface area contributed by atoms with Crippen LogP contribution in [0.1, 0.15) is 17.3 Å². The van der Waals surface area contributed by atoms with E-state index < -0.39 is 15.9 Å². The number of nitrogens with one attached hydrogen (secondary N) is 2. The van der Waals surface area contributed by atoms with Gasteiger partial charge in [0.2, 0.25) is 0 Å². The zero-order valence-corrected chi connectivity index (χ0v) is 15.1. The molecular weight excluding hydrogens is 356 g/mol. The first-order valence-corrected chi connectivity index (χ1v) is 8.99. The number of anilines is 1. The van der Waals surface area contributed by atoms with E-state index >= 15 is 0 Å². The van der Waals surface area contributed by atoms with Gasteiger partial charge in [0.15, 0.2) is 0 Å². The summed E-state index contributed by atoms with van der Waals surface area (Å²) in [5.74, 6) is -0.572. The Balaban J connectivity index is 2.12. The standard InChI is InChI=1S/C18H18N2O5S/c1-12(2)17(21)19-14-6-10-16(11-7-14)26(23,24)20-18(22)13-4-8-15(25-3)9-5-13/h4-11H,1H2,2-3H3,(H,19,21)(H,20,22). The van der Waals surface area contributed by atoms with Gasteiger partial charge in [0, 0.05) is 16.8 Å². The number of hydrogen-bond donors (Lipinski definition) is 2. The molecular formula is C18H18N2O5S. The summed E-state index contributed by atoms with van der Waals surface area (Å²) < 4.78 is 31.6. The summed E-state index contributed by atoms with van der Waals surface area (Å²) in [6, 6.07) is 11.5. The van der Waals surface area contributed by atoms with Crippen molar-refractivity contribution in [2.75, 3.05) is 12.4 Å². The Morgan fingerprint density at radius 3 is 2.08 bits per heavy atom. The number of carbonyl (C=O) groups excluding carboxylic acids is 2. The van der Waals surface area contributed by atoms with Crippen molar-refractivity contribution in [3.8, 4) is 5.75 Å². The van der Waals surface area contributed by atoms with Gasteiger partial charge in [-0.25, -0.2) is 13.1 Å². The number of hydrogen-bond acceptors (Lipinski definition) is 5. The van der Waals surface area contributed by atoms with E-state index in [1.165, 1.54) is 43.5 Å². The van der Waals surface area contributed by atoms with Gasteiger partial charge in [0.25, 0.3) is 21.8 Å². The molecule has 2 aromatic carbocycles. The lowest BCUT2D eigenvalue weighted by Crippen LogP contribution is -2.30. The molecule has 0 spiro atoms. The van der Waals surface area contributed by atoms with Gasteiger partial charge in [-0.15, -0.1) is 0 Å². The maximum Gasteiger partial charge on any atom is 0.265 e. The molecule has 0 saturated carbocycles. The molecule has 8 heteroatoms. The lowest BCUT2D eigenvalue weighted by molar-refractivity contribution is -0.112. The van der Waals surface area contributed by atoms with Gasteiger partial charge in [0.05, 0.1) is 12.0 Å². The van der Waals surface area contributed by atoms with Crippen LogP contribution in [0.2, 0.25) is 0 Å². The summed E-state index contributed by atoms with van der Waals surface area (Å²) in [5, 5.41) is 2.56. The number of amides is 2. The highest BCUT2D eigenvalue weighted by Gasteiger charge is 2.19. The number of benzene rings is 2. The Morgan fingerprint density at radius 1 is 1.00 bits per heavy atom. The number of methoxy groups -OCH3 is 1. The van der Waals surface area contributed by atoms with Gasteiger partial charge in [-0.1, -0.05) is 6.58 Å². The summed E-state index contributed by atoms with van der Waals surface area (Å²) in [6.45, 7) is 5.08. The van der Waals surface area contributed by atoms with Gasteiger partial charge >= 0.3 is 0 Å². The number of ether oxygens (including phenoxy) is 1. The number of sulfonamides is 1. The maximum atomic E-state index is 12.3. The molecule has 0 aliphatic rings. The van der Waals surface area contributed by atoms with Crippen LogP contribution in [0.15, 0.2) is 65.6 Å². The first-order valence-electron chi connectivity index (χ1n) is 7.51. The predicted octanol–water partition coefficient (Wildman–Crippen LogP) is 2.33. The molecule has 0 heterocycles. The molecule has 0 unspecified atom stereocenters. The normalized spacial score (nSPS) is 10.7. The van der Waals surface area contributed by atoms with Crippen LogP contribution in [0.5, 0.6) is 5.75 Å². The Morgan fingerprint density at radius 2 is 1.58 bits per heavy atom. The average Bonchev–Trinajstić information content (AvgIpc) is 2.61. The van der Waals surface area contributed by atoms with Crippen molar-refractivity contribution in [2.45, 2.75) is 11.8 Å². The maximum absolute atomic E-state index is 12.3. The Hall–Kier alpha value is -3.13. The van der Waals surface area contributed by atoms with Crippen LogP contribution >= 0.6 is 0 Å². The second kappa shape index (κ2) is 7.83. The van der Waals surface area contributed by atoms with Gasteiger partial charge in [0.1, 0.15) is 5.75 Å². The molecule has 0 radical (unpaired) electrons. The molecule has 2 rings (SSSR count). The molecule has 2 N–H and O–H groups in total. The van der Waals surface area contributed by atoms with E-state index in [0.29, 0.717) is 17.0 Å². The van der Waals surface area contributed by atoms with Crippen LogP contribution in [0.4, 0.5) is 5.69 Å². The van der Waals surface area contributed by atoms with Crippen LogP contribution in [-0.4, -0.2) is 27.3 Å². The third-order valence-corrected chi connectivity index (χ3v) is 4.74. The fourth-order valence-corrected chi connectivity index (χ4v) is 2.91.